The summed E-state index contributed by atoms with van der Waals surface area (Å²) in [6.45, 7) is 6.13. The average Bonchev–Trinajstić information content (AvgIpc) is 3.14. The second-order valence-corrected chi connectivity index (χ2v) is 8.25. The van der Waals surface area contributed by atoms with Crippen molar-refractivity contribution in [3.05, 3.63) is 46.6 Å². The minimum absolute atomic E-state index is 0.0404. The number of fused-ring (bicyclic) bond motifs is 1. The van der Waals surface area contributed by atoms with Crippen molar-refractivity contribution in [3.63, 3.8) is 0 Å². The van der Waals surface area contributed by atoms with E-state index in [4.69, 9.17) is 4.52 Å². The number of amides is 1. The number of nitrogens with one attached hydrogen (secondary N) is 1. The molecule has 1 unspecified atom stereocenters. The highest BCUT2D eigenvalue weighted by Crippen LogP contribution is 2.27. The zero-order chi connectivity index (χ0) is 19.5. The number of benzene rings is 1. The van der Waals surface area contributed by atoms with Crippen LogP contribution in [0.1, 0.15) is 73.0 Å². The highest BCUT2D eigenvalue weighted by Gasteiger charge is 2.26. The molecule has 6 heteroatoms. The minimum Gasteiger partial charge on any atom is -0.348 e. The molecule has 6 nitrogen and oxygen atoms in total. The molecular weight excluding hydrogens is 352 g/mol. The number of piperidine rings is 1. The number of aryl methyl sites for hydroxylation is 3. The van der Waals surface area contributed by atoms with E-state index in [9.17, 15) is 4.79 Å². The summed E-state index contributed by atoms with van der Waals surface area (Å²) in [5, 5.41) is 7.06. The first-order chi connectivity index (χ1) is 13.6. The highest BCUT2D eigenvalue weighted by atomic mass is 16.5. The second-order valence-electron chi connectivity index (χ2n) is 8.25. The molecule has 4 rings (SSSR count). The van der Waals surface area contributed by atoms with E-state index in [1.165, 1.54) is 42.4 Å². The smallest absolute Gasteiger partial charge is 0.234 e. The summed E-state index contributed by atoms with van der Waals surface area (Å²) < 4.78 is 5.30. The zero-order valence-electron chi connectivity index (χ0n) is 16.9. The zero-order valence-corrected chi connectivity index (χ0v) is 16.9. The third-order valence-electron chi connectivity index (χ3n) is 6.10. The summed E-state index contributed by atoms with van der Waals surface area (Å²) in [6, 6.07) is 6.75. The number of aromatic nitrogens is 2. The third-order valence-corrected chi connectivity index (χ3v) is 6.10. The maximum absolute atomic E-state index is 12.5. The monoisotopic (exact) mass is 382 g/mol. The molecular formula is C22H30N4O2. The summed E-state index contributed by atoms with van der Waals surface area (Å²) in [5.74, 6) is 1.84. The van der Waals surface area contributed by atoms with Gasteiger partial charge in [0.15, 0.2) is 5.82 Å². The Labute approximate surface area is 166 Å². The van der Waals surface area contributed by atoms with Gasteiger partial charge in [-0.1, -0.05) is 23.4 Å². The SMILES string of the molecule is Cc1noc(C2CCN(CC(=O)NC(C)c3ccc4c(c3)CCCC4)CC2)n1. The summed E-state index contributed by atoms with van der Waals surface area (Å²) in [5.41, 5.74) is 4.15. The molecule has 0 bridgehead atoms. The standard InChI is InChI=1S/C22H30N4O2/c1-15(19-8-7-17-5-3-4-6-20(17)13-19)23-21(27)14-26-11-9-18(10-12-26)22-24-16(2)25-28-22/h7-8,13,15,18H,3-6,9-12,14H2,1-2H3,(H,23,27). The predicted molar refractivity (Wildman–Crippen MR) is 107 cm³/mol. The fraction of sp³-hybridized carbons (Fsp3) is 0.591. The van der Waals surface area contributed by atoms with Gasteiger partial charge in [-0.25, -0.2) is 0 Å². The molecule has 0 saturated carbocycles. The molecule has 28 heavy (non-hydrogen) atoms. The molecule has 1 saturated heterocycles. The summed E-state index contributed by atoms with van der Waals surface area (Å²) in [4.78, 5) is 19.1. The predicted octanol–water partition coefficient (Wildman–Crippen LogP) is 3.31. The Bertz CT molecular complexity index is 824. The Balaban J connectivity index is 1.26. The van der Waals surface area contributed by atoms with Crippen LogP contribution >= 0.6 is 0 Å². The molecule has 0 spiro atoms. The van der Waals surface area contributed by atoms with Gasteiger partial charge in [-0.15, -0.1) is 0 Å². The Morgan fingerprint density at radius 1 is 1.25 bits per heavy atom. The molecule has 1 aromatic carbocycles. The third kappa shape index (κ3) is 4.43. The van der Waals surface area contributed by atoms with Crippen molar-refractivity contribution in [2.45, 2.75) is 64.3 Å². The van der Waals surface area contributed by atoms with Gasteiger partial charge in [-0.05, 0) is 82.2 Å². The molecule has 1 fully saturated rings. The van der Waals surface area contributed by atoms with Crippen molar-refractivity contribution in [3.8, 4) is 0 Å². The lowest BCUT2D eigenvalue weighted by molar-refractivity contribution is -0.123. The number of carbonyl (C=O) groups is 1. The maximum atomic E-state index is 12.5. The van der Waals surface area contributed by atoms with Gasteiger partial charge in [0, 0.05) is 5.92 Å². The van der Waals surface area contributed by atoms with E-state index in [2.05, 4.69) is 45.5 Å². The molecule has 1 amide bonds. The summed E-state index contributed by atoms with van der Waals surface area (Å²) >= 11 is 0. The molecule has 150 valence electrons. The number of hydrogen-bond acceptors (Lipinski definition) is 5. The van der Waals surface area contributed by atoms with E-state index in [0.717, 1.165) is 31.8 Å². The van der Waals surface area contributed by atoms with Gasteiger partial charge in [0.2, 0.25) is 11.8 Å². The van der Waals surface area contributed by atoms with Gasteiger partial charge in [0.25, 0.3) is 0 Å². The first kappa shape index (κ1) is 19.1. The van der Waals surface area contributed by atoms with Gasteiger partial charge in [0.1, 0.15) is 0 Å². The Hall–Kier alpha value is -2.21. The van der Waals surface area contributed by atoms with Crippen molar-refractivity contribution in [1.29, 1.82) is 0 Å². The lowest BCUT2D eigenvalue weighted by atomic mass is 9.89. The Morgan fingerprint density at radius 3 is 2.71 bits per heavy atom. The van der Waals surface area contributed by atoms with Crippen LogP contribution in [0.3, 0.4) is 0 Å². The van der Waals surface area contributed by atoms with Crippen LogP contribution < -0.4 is 5.32 Å². The average molecular weight is 383 g/mol. The van der Waals surface area contributed by atoms with Crippen molar-refractivity contribution >= 4 is 5.91 Å². The van der Waals surface area contributed by atoms with Crippen LogP contribution in [0.4, 0.5) is 0 Å². The lowest BCUT2D eigenvalue weighted by Crippen LogP contribution is -2.41. The second kappa shape index (κ2) is 8.43. The van der Waals surface area contributed by atoms with Crippen LogP contribution in [0, 0.1) is 6.92 Å². The molecule has 2 heterocycles. The van der Waals surface area contributed by atoms with E-state index in [-0.39, 0.29) is 11.9 Å². The number of likely N-dealkylation sites (tertiary alicyclic amines) is 1. The largest absolute Gasteiger partial charge is 0.348 e. The van der Waals surface area contributed by atoms with Crippen LogP contribution in [0.15, 0.2) is 22.7 Å². The number of nitrogens with zero attached hydrogens (tertiary/aromatic N) is 3. The topological polar surface area (TPSA) is 71.3 Å². The first-order valence-corrected chi connectivity index (χ1v) is 10.5. The van der Waals surface area contributed by atoms with Crippen molar-refractivity contribution in [2.75, 3.05) is 19.6 Å². The normalized spacial score (nSPS) is 19.2. The Kier molecular flexibility index (Phi) is 5.76. The molecule has 0 radical (unpaired) electrons. The number of hydrogen-bond donors (Lipinski definition) is 1. The Morgan fingerprint density at radius 2 is 2.00 bits per heavy atom. The van der Waals surface area contributed by atoms with Gasteiger partial charge in [-0.3, -0.25) is 9.69 Å². The first-order valence-electron chi connectivity index (χ1n) is 10.5. The number of carbonyl (C=O) groups excluding carboxylic acids is 1. The van der Waals surface area contributed by atoms with E-state index in [1.807, 2.05) is 6.92 Å². The molecule has 1 aromatic heterocycles. The van der Waals surface area contributed by atoms with Gasteiger partial charge in [-0.2, -0.15) is 4.98 Å². The minimum atomic E-state index is 0.0404. The lowest BCUT2D eigenvalue weighted by Gasteiger charge is -2.30. The fourth-order valence-corrected chi connectivity index (χ4v) is 4.41. The fourth-order valence-electron chi connectivity index (χ4n) is 4.41. The van der Waals surface area contributed by atoms with E-state index in [1.54, 1.807) is 0 Å². The van der Waals surface area contributed by atoms with E-state index >= 15 is 0 Å². The van der Waals surface area contributed by atoms with Gasteiger partial charge < -0.3 is 9.84 Å². The van der Waals surface area contributed by atoms with Gasteiger partial charge >= 0.3 is 0 Å². The number of rotatable bonds is 5. The van der Waals surface area contributed by atoms with Crippen LogP contribution in [0.25, 0.3) is 0 Å². The van der Waals surface area contributed by atoms with Crippen LogP contribution in [-0.2, 0) is 17.6 Å². The molecule has 1 N–H and O–H groups in total. The van der Waals surface area contributed by atoms with Crippen LogP contribution in [-0.4, -0.2) is 40.6 Å². The molecule has 2 aliphatic rings. The summed E-state index contributed by atoms with van der Waals surface area (Å²) in [7, 11) is 0. The molecule has 1 atom stereocenters. The molecule has 1 aliphatic heterocycles. The van der Waals surface area contributed by atoms with E-state index < -0.39 is 0 Å². The van der Waals surface area contributed by atoms with Crippen molar-refractivity contribution < 1.29 is 9.32 Å². The summed E-state index contributed by atoms with van der Waals surface area (Å²) in [6.07, 6.45) is 6.83. The van der Waals surface area contributed by atoms with E-state index in [0.29, 0.717) is 18.3 Å². The van der Waals surface area contributed by atoms with Crippen LogP contribution in [0.2, 0.25) is 0 Å². The highest BCUT2D eigenvalue weighted by molar-refractivity contribution is 5.78. The maximum Gasteiger partial charge on any atom is 0.234 e. The quantitative estimate of drug-likeness (QED) is 0.859. The van der Waals surface area contributed by atoms with Crippen molar-refractivity contribution in [1.82, 2.24) is 20.4 Å². The molecule has 2 aromatic rings. The van der Waals surface area contributed by atoms with Gasteiger partial charge in [0.05, 0.1) is 12.6 Å². The van der Waals surface area contributed by atoms with Crippen molar-refractivity contribution in [2.24, 2.45) is 0 Å². The van der Waals surface area contributed by atoms with Crippen LogP contribution in [0.5, 0.6) is 0 Å². The molecule has 1 aliphatic carbocycles.